The Morgan fingerprint density at radius 2 is 0.955 bits per heavy atom. The fraction of sp³-hybridized carbons (Fsp3) is 0.333. The maximum Gasteiger partial charge on any atom is 0.195 e. The minimum atomic E-state index is -1.46. The SMILES string of the molecule is [C-]#[N+]c1cc2cc([Si](C)(C)C)c([Si](C)(C)C)cc2cc1[N+]#[C-]. The highest BCUT2D eigenvalue weighted by atomic mass is 28.3. The molecule has 0 radical (unpaired) electrons. The van der Waals surface area contributed by atoms with Crippen molar-refractivity contribution in [2.75, 3.05) is 0 Å². The van der Waals surface area contributed by atoms with Crippen molar-refractivity contribution in [3.05, 3.63) is 47.1 Å². The number of hydrogen-bond acceptors (Lipinski definition) is 0. The Labute approximate surface area is 135 Å². The van der Waals surface area contributed by atoms with E-state index in [0.29, 0.717) is 11.4 Å². The molecule has 112 valence electrons. The summed E-state index contributed by atoms with van der Waals surface area (Å²) >= 11 is 0. The molecule has 2 aromatic rings. The summed E-state index contributed by atoms with van der Waals surface area (Å²) in [6.07, 6.45) is 0. The van der Waals surface area contributed by atoms with Crippen LogP contribution >= 0.6 is 0 Å². The first-order chi connectivity index (χ1) is 10.1. The van der Waals surface area contributed by atoms with Crippen LogP contribution in [0.2, 0.25) is 39.3 Å². The topological polar surface area (TPSA) is 8.72 Å². The van der Waals surface area contributed by atoms with Crippen LogP contribution in [-0.4, -0.2) is 16.1 Å². The van der Waals surface area contributed by atoms with Crippen LogP contribution in [-0.2, 0) is 0 Å². The molecule has 0 aromatic heterocycles. The third kappa shape index (κ3) is 2.99. The molecule has 0 N–H and O–H groups in total. The van der Waals surface area contributed by atoms with Crippen LogP contribution in [0.25, 0.3) is 20.5 Å². The maximum absolute atomic E-state index is 7.28. The van der Waals surface area contributed by atoms with E-state index in [1.165, 1.54) is 10.4 Å². The lowest BCUT2D eigenvalue weighted by molar-refractivity contribution is 1.69. The molecule has 0 amide bonds. The van der Waals surface area contributed by atoms with Crippen LogP contribution in [0.5, 0.6) is 0 Å². The normalized spacial score (nSPS) is 12.0. The molecule has 4 heteroatoms. The molecule has 0 bridgehead atoms. The van der Waals surface area contributed by atoms with E-state index in [2.05, 4.69) is 61.1 Å². The number of rotatable bonds is 2. The van der Waals surface area contributed by atoms with Gasteiger partial charge in [-0.3, -0.25) is 9.69 Å². The lowest BCUT2D eigenvalue weighted by Crippen LogP contribution is -2.56. The predicted molar refractivity (Wildman–Crippen MR) is 102 cm³/mol. The Balaban J connectivity index is 2.91. The summed E-state index contributed by atoms with van der Waals surface area (Å²) in [5.41, 5.74) is 0.926. The summed E-state index contributed by atoms with van der Waals surface area (Å²) in [7, 11) is -2.92. The molecule has 0 saturated heterocycles. The largest absolute Gasteiger partial charge is 0.250 e. The van der Waals surface area contributed by atoms with Crippen molar-refractivity contribution >= 4 is 48.7 Å². The fourth-order valence-corrected chi connectivity index (χ4v) is 7.93. The third-order valence-electron chi connectivity index (χ3n) is 3.93. The first-order valence-electron chi connectivity index (χ1n) is 7.45. The molecule has 0 aliphatic rings. The van der Waals surface area contributed by atoms with Crippen LogP contribution in [0.4, 0.5) is 11.4 Å². The van der Waals surface area contributed by atoms with Crippen LogP contribution < -0.4 is 10.4 Å². The number of nitrogens with zero attached hydrogens (tertiary/aromatic N) is 2. The smallest absolute Gasteiger partial charge is 0.195 e. The number of hydrogen-bond donors (Lipinski definition) is 0. The summed E-state index contributed by atoms with van der Waals surface area (Å²) in [4.78, 5) is 7.02. The zero-order valence-corrected chi connectivity index (χ0v) is 16.2. The van der Waals surface area contributed by atoms with Gasteiger partial charge in [0.25, 0.3) is 0 Å². The summed E-state index contributed by atoms with van der Waals surface area (Å²) < 4.78 is 0. The van der Waals surface area contributed by atoms with Crippen molar-refractivity contribution in [3.63, 3.8) is 0 Å². The van der Waals surface area contributed by atoms with Gasteiger partial charge in [0.1, 0.15) is 0 Å². The van der Waals surface area contributed by atoms with Gasteiger partial charge in [-0.25, -0.2) is 0 Å². The molecule has 0 atom stereocenters. The van der Waals surface area contributed by atoms with Gasteiger partial charge >= 0.3 is 0 Å². The molecule has 0 aliphatic carbocycles. The first kappa shape index (κ1) is 16.5. The summed E-state index contributed by atoms with van der Waals surface area (Å²) in [5.74, 6) is 0. The van der Waals surface area contributed by atoms with Gasteiger partial charge in [-0.2, -0.15) is 0 Å². The van der Waals surface area contributed by atoms with Crippen molar-refractivity contribution in [3.8, 4) is 0 Å². The van der Waals surface area contributed by atoms with E-state index in [9.17, 15) is 0 Å². The molecule has 0 saturated carbocycles. The molecular formula is C18H22N2Si2. The molecule has 0 heterocycles. The summed E-state index contributed by atoms with van der Waals surface area (Å²) in [5, 5.41) is 5.20. The van der Waals surface area contributed by atoms with Crippen molar-refractivity contribution in [2.45, 2.75) is 39.3 Å². The highest BCUT2D eigenvalue weighted by Crippen LogP contribution is 2.33. The van der Waals surface area contributed by atoms with Crippen LogP contribution in [0.15, 0.2) is 24.3 Å². The quantitative estimate of drug-likeness (QED) is 0.541. The van der Waals surface area contributed by atoms with Crippen molar-refractivity contribution < 1.29 is 0 Å². The van der Waals surface area contributed by atoms with Crippen molar-refractivity contribution in [1.82, 2.24) is 0 Å². The zero-order chi connectivity index (χ0) is 16.7. The Bertz CT molecular complexity index is 755. The highest BCUT2D eigenvalue weighted by molar-refractivity contribution is 6.98. The van der Waals surface area contributed by atoms with Gasteiger partial charge in [0.05, 0.1) is 29.3 Å². The molecule has 0 unspecified atom stereocenters. The molecule has 0 spiro atoms. The van der Waals surface area contributed by atoms with Gasteiger partial charge < -0.3 is 0 Å². The predicted octanol–water partition coefficient (Wildman–Crippen LogP) is 5.03. The molecule has 2 rings (SSSR count). The molecule has 2 aromatic carbocycles. The fourth-order valence-electron chi connectivity index (χ4n) is 2.75. The minimum absolute atomic E-state index is 0.463. The van der Waals surface area contributed by atoms with Crippen LogP contribution in [0.3, 0.4) is 0 Å². The van der Waals surface area contributed by atoms with Gasteiger partial charge in [0, 0.05) is 0 Å². The zero-order valence-electron chi connectivity index (χ0n) is 14.2. The standard InChI is InChI=1S/C18H22N2Si2/c1-19-15-9-13-11-17(21(3,4)5)18(22(6,7)8)12-14(13)10-16(15)20-2/h9-12H,3-8H3. The van der Waals surface area contributed by atoms with E-state index in [4.69, 9.17) is 13.1 Å². The Morgan fingerprint density at radius 1 is 0.636 bits per heavy atom. The third-order valence-corrected chi connectivity index (χ3v) is 8.24. The molecule has 22 heavy (non-hydrogen) atoms. The van der Waals surface area contributed by atoms with Gasteiger partial charge in [-0.05, 0) is 10.8 Å². The molecule has 0 aliphatic heterocycles. The maximum atomic E-state index is 7.28. The molecular weight excluding hydrogens is 300 g/mol. The number of benzene rings is 2. The van der Waals surface area contributed by atoms with Crippen LogP contribution in [0.1, 0.15) is 0 Å². The van der Waals surface area contributed by atoms with E-state index in [1.807, 2.05) is 12.1 Å². The average molecular weight is 323 g/mol. The number of fused-ring (bicyclic) bond motifs is 1. The van der Waals surface area contributed by atoms with Gasteiger partial charge in [-0.1, -0.05) is 73.9 Å². The minimum Gasteiger partial charge on any atom is -0.250 e. The van der Waals surface area contributed by atoms with E-state index < -0.39 is 16.1 Å². The van der Waals surface area contributed by atoms with E-state index in [1.54, 1.807) is 0 Å². The second-order valence-corrected chi connectivity index (χ2v) is 17.9. The Hall–Kier alpha value is -1.89. The first-order valence-corrected chi connectivity index (χ1v) is 14.5. The Morgan fingerprint density at radius 3 is 1.18 bits per heavy atom. The van der Waals surface area contributed by atoms with Gasteiger partial charge in [0.2, 0.25) is 0 Å². The second kappa shape index (κ2) is 5.39. The Kier molecular flexibility index (Phi) is 4.04. The average Bonchev–Trinajstić information content (AvgIpc) is 2.42. The summed E-state index contributed by atoms with van der Waals surface area (Å²) in [6, 6.07) is 8.34. The van der Waals surface area contributed by atoms with Crippen LogP contribution in [0, 0.1) is 13.1 Å². The van der Waals surface area contributed by atoms with E-state index in [-0.39, 0.29) is 0 Å². The summed E-state index contributed by atoms with van der Waals surface area (Å²) in [6.45, 7) is 28.8. The van der Waals surface area contributed by atoms with Crippen molar-refractivity contribution in [1.29, 1.82) is 0 Å². The monoisotopic (exact) mass is 322 g/mol. The molecule has 2 nitrogen and oxygen atoms in total. The molecule has 0 fully saturated rings. The second-order valence-electron chi connectivity index (χ2n) is 7.81. The lowest BCUT2D eigenvalue weighted by Gasteiger charge is -2.28. The van der Waals surface area contributed by atoms with Gasteiger partial charge in [-0.15, -0.1) is 0 Å². The van der Waals surface area contributed by atoms with Crippen molar-refractivity contribution in [2.24, 2.45) is 0 Å². The van der Waals surface area contributed by atoms with Gasteiger partial charge in [0.15, 0.2) is 11.4 Å². The highest BCUT2D eigenvalue weighted by Gasteiger charge is 2.28. The van der Waals surface area contributed by atoms with E-state index in [0.717, 1.165) is 10.8 Å². The van der Waals surface area contributed by atoms with E-state index >= 15 is 0 Å². The lowest BCUT2D eigenvalue weighted by atomic mass is 10.1.